The summed E-state index contributed by atoms with van der Waals surface area (Å²) in [6.45, 7) is 0.496. The maximum absolute atomic E-state index is 6.31. The first-order valence-corrected chi connectivity index (χ1v) is 7.95. The summed E-state index contributed by atoms with van der Waals surface area (Å²) < 4.78 is 11.9. The molecule has 5 nitrogen and oxygen atoms in total. The molecule has 2 N–H and O–H groups in total. The number of ether oxygens (including phenoxy) is 1. The smallest absolute Gasteiger partial charge is 0.230 e. The van der Waals surface area contributed by atoms with E-state index in [0.29, 0.717) is 24.7 Å². The van der Waals surface area contributed by atoms with Crippen LogP contribution in [0.15, 0.2) is 33.3 Å². The van der Waals surface area contributed by atoms with Gasteiger partial charge < -0.3 is 15.0 Å². The Balaban J connectivity index is 0.00000176. The first kappa shape index (κ1) is 17.2. The first-order chi connectivity index (χ1) is 10.2. The summed E-state index contributed by atoms with van der Waals surface area (Å²) >= 11 is 3.41. The second kappa shape index (κ2) is 7.44. The summed E-state index contributed by atoms with van der Waals surface area (Å²) in [7, 11) is 0. The molecule has 1 fully saturated rings. The van der Waals surface area contributed by atoms with Crippen LogP contribution >= 0.6 is 28.3 Å². The van der Waals surface area contributed by atoms with Gasteiger partial charge in [-0.3, -0.25) is 0 Å². The number of benzene rings is 1. The number of hydrogen-bond acceptors (Lipinski definition) is 5. The highest BCUT2D eigenvalue weighted by molar-refractivity contribution is 9.10. The monoisotopic (exact) mass is 387 g/mol. The Labute approximate surface area is 144 Å². The Bertz CT molecular complexity index is 614. The third-order valence-corrected chi connectivity index (χ3v) is 4.28. The molecule has 120 valence electrons. The molecular formula is C15H19BrClN3O2. The van der Waals surface area contributed by atoms with Crippen molar-refractivity contribution in [3.63, 3.8) is 0 Å². The van der Waals surface area contributed by atoms with Crippen LogP contribution in [0.25, 0.3) is 0 Å². The number of aromatic nitrogens is 2. The summed E-state index contributed by atoms with van der Waals surface area (Å²) in [6, 6.07) is 7.73. The van der Waals surface area contributed by atoms with Gasteiger partial charge in [-0.1, -0.05) is 40.0 Å². The van der Waals surface area contributed by atoms with Crippen LogP contribution in [0, 0.1) is 0 Å². The molecular weight excluding hydrogens is 370 g/mol. The lowest BCUT2D eigenvalue weighted by Gasteiger charge is -2.17. The zero-order valence-electron chi connectivity index (χ0n) is 12.1. The first-order valence-electron chi connectivity index (χ1n) is 7.16. The summed E-state index contributed by atoms with van der Waals surface area (Å²) in [5.41, 5.74) is 5.91. The molecule has 1 aliphatic rings. The van der Waals surface area contributed by atoms with Crippen LogP contribution in [0.2, 0.25) is 0 Å². The van der Waals surface area contributed by atoms with Gasteiger partial charge in [0.05, 0.1) is 18.6 Å². The number of nitrogens with zero attached hydrogens (tertiary/aromatic N) is 2. The minimum Gasteiger partial charge on any atom is -0.493 e. The summed E-state index contributed by atoms with van der Waals surface area (Å²) in [4.78, 5) is 4.42. The molecule has 7 heteroatoms. The standard InChI is InChI=1S/C15H18BrN3O2.ClH/c16-11-4-3-5-12(10-11)20-9-6-13-18-14(19-21-13)15(17)7-1-2-8-15;/h3-5,10H,1-2,6-9,17H2;1H. The normalized spacial score (nSPS) is 16.3. The highest BCUT2D eigenvalue weighted by Gasteiger charge is 2.35. The zero-order chi connectivity index (χ0) is 14.7. The molecule has 0 amide bonds. The van der Waals surface area contributed by atoms with E-state index in [1.165, 1.54) is 0 Å². The summed E-state index contributed by atoms with van der Waals surface area (Å²) in [5, 5.41) is 4.04. The van der Waals surface area contributed by atoms with Crippen LogP contribution in [-0.2, 0) is 12.0 Å². The lowest BCUT2D eigenvalue weighted by Crippen LogP contribution is -2.34. The van der Waals surface area contributed by atoms with E-state index in [9.17, 15) is 0 Å². The quantitative estimate of drug-likeness (QED) is 0.847. The Morgan fingerprint density at radius 2 is 2.09 bits per heavy atom. The molecule has 0 aliphatic heterocycles. The van der Waals surface area contributed by atoms with Crippen molar-refractivity contribution in [2.24, 2.45) is 5.73 Å². The van der Waals surface area contributed by atoms with Crippen LogP contribution in [0.4, 0.5) is 0 Å². The summed E-state index contributed by atoms with van der Waals surface area (Å²) in [5.74, 6) is 2.03. The molecule has 1 aromatic carbocycles. The van der Waals surface area contributed by atoms with Gasteiger partial charge in [0.15, 0.2) is 5.82 Å². The molecule has 1 aromatic heterocycles. The van der Waals surface area contributed by atoms with E-state index in [0.717, 1.165) is 35.9 Å². The summed E-state index contributed by atoms with van der Waals surface area (Å²) in [6.07, 6.45) is 4.70. The van der Waals surface area contributed by atoms with Crippen molar-refractivity contribution in [2.45, 2.75) is 37.6 Å². The number of rotatable bonds is 5. The predicted molar refractivity (Wildman–Crippen MR) is 89.2 cm³/mol. The minimum absolute atomic E-state index is 0. The van der Waals surface area contributed by atoms with Crippen molar-refractivity contribution in [2.75, 3.05) is 6.61 Å². The third-order valence-electron chi connectivity index (χ3n) is 3.79. The Morgan fingerprint density at radius 1 is 1.32 bits per heavy atom. The lowest BCUT2D eigenvalue weighted by molar-refractivity contribution is 0.290. The molecule has 0 spiro atoms. The number of halogens is 2. The second-order valence-corrected chi connectivity index (χ2v) is 6.35. The van der Waals surface area contributed by atoms with Crippen LogP contribution < -0.4 is 10.5 Å². The van der Waals surface area contributed by atoms with E-state index < -0.39 is 5.54 Å². The van der Waals surface area contributed by atoms with Crippen molar-refractivity contribution < 1.29 is 9.26 Å². The van der Waals surface area contributed by atoms with E-state index >= 15 is 0 Å². The molecule has 3 rings (SSSR count). The fourth-order valence-corrected chi connectivity index (χ4v) is 2.98. The van der Waals surface area contributed by atoms with Crippen molar-refractivity contribution in [3.8, 4) is 5.75 Å². The van der Waals surface area contributed by atoms with Gasteiger partial charge in [0, 0.05) is 4.47 Å². The Morgan fingerprint density at radius 3 is 2.82 bits per heavy atom. The van der Waals surface area contributed by atoms with Gasteiger partial charge in [-0.15, -0.1) is 12.4 Å². The number of nitrogens with two attached hydrogens (primary N) is 1. The largest absolute Gasteiger partial charge is 0.493 e. The fourth-order valence-electron chi connectivity index (χ4n) is 2.60. The molecule has 1 saturated carbocycles. The average Bonchev–Trinajstić information content (AvgIpc) is 3.09. The third kappa shape index (κ3) is 4.00. The van der Waals surface area contributed by atoms with Gasteiger partial charge in [0.25, 0.3) is 0 Å². The van der Waals surface area contributed by atoms with Gasteiger partial charge >= 0.3 is 0 Å². The van der Waals surface area contributed by atoms with Gasteiger partial charge in [0.2, 0.25) is 5.89 Å². The topological polar surface area (TPSA) is 74.2 Å². The molecule has 0 saturated heterocycles. The maximum Gasteiger partial charge on any atom is 0.230 e. The van der Waals surface area contributed by atoms with Gasteiger partial charge in [-0.25, -0.2) is 0 Å². The molecule has 0 atom stereocenters. The average molecular weight is 389 g/mol. The molecule has 2 aromatic rings. The SMILES string of the molecule is Cl.NC1(c2noc(CCOc3cccc(Br)c3)n2)CCCC1. The van der Waals surface area contributed by atoms with Gasteiger partial charge in [-0.05, 0) is 31.0 Å². The van der Waals surface area contributed by atoms with E-state index in [1.54, 1.807) is 0 Å². The molecule has 0 bridgehead atoms. The molecule has 0 unspecified atom stereocenters. The molecule has 1 heterocycles. The van der Waals surface area contributed by atoms with Crippen LogP contribution in [0.1, 0.15) is 37.4 Å². The van der Waals surface area contributed by atoms with Crippen molar-refractivity contribution in [3.05, 3.63) is 40.5 Å². The number of hydrogen-bond donors (Lipinski definition) is 1. The zero-order valence-corrected chi connectivity index (χ0v) is 14.5. The minimum atomic E-state index is -0.396. The molecule has 0 radical (unpaired) electrons. The van der Waals surface area contributed by atoms with E-state index in [4.69, 9.17) is 15.0 Å². The lowest BCUT2D eigenvalue weighted by atomic mass is 9.99. The van der Waals surface area contributed by atoms with Crippen molar-refractivity contribution >= 4 is 28.3 Å². The maximum atomic E-state index is 6.31. The van der Waals surface area contributed by atoms with Crippen molar-refractivity contribution in [1.29, 1.82) is 0 Å². The highest BCUT2D eigenvalue weighted by Crippen LogP contribution is 2.34. The van der Waals surface area contributed by atoms with Crippen LogP contribution in [0.5, 0.6) is 5.75 Å². The molecule has 1 aliphatic carbocycles. The van der Waals surface area contributed by atoms with Crippen molar-refractivity contribution in [1.82, 2.24) is 10.1 Å². The predicted octanol–water partition coefficient (Wildman–Crippen LogP) is 3.60. The van der Waals surface area contributed by atoms with Gasteiger partial charge in [-0.2, -0.15) is 4.98 Å². The van der Waals surface area contributed by atoms with Gasteiger partial charge in [0.1, 0.15) is 5.75 Å². The van der Waals surface area contributed by atoms with E-state index in [1.807, 2.05) is 24.3 Å². The van der Waals surface area contributed by atoms with Crippen LogP contribution in [0.3, 0.4) is 0 Å². The fraction of sp³-hybridized carbons (Fsp3) is 0.467. The van der Waals surface area contributed by atoms with E-state index in [2.05, 4.69) is 26.1 Å². The van der Waals surface area contributed by atoms with E-state index in [-0.39, 0.29) is 12.4 Å². The van der Waals surface area contributed by atoms with Crippen LogP contribution in [-0.4, -0.2) is 16.7 Å². The Hall–Kier alpha value is -1.11. The second-order valence-electron chi connectivity index (χ2n) is 5.43. The highest BCUT2D eigenvalue weighted by atomic mass is 79.9. The molecule has 22 heavy (non-hydrogen) atoms. The Kier molecular flexibility index (Phi) is 5.83.